The molecule has 4 heteroatoms. The van der Waals surface area contributed by atoms with Crippen molar-refractivity contribution in [2.45, 2.75) is 99.5 Å². The number of aliphatic hydroxyl groups is 1. The van der Waals surface area contributed by atoms with Gasteiger partial charge in [-0.25, -0.2) is 4.79 Å². The van der Waals surface area contributed by atoms with E-state index in [9.17, 15) is 9.90 Å². The highest BCUT2D eigenvalue weighted by molar-refractivity contribution is 5.82. The zero-order valence-corrected chi connectivity index (χ0v) is 21.6. The van der Waals surface area contributed by atoms with Crippen LogP contribution in [0.15, 0.2) is 46.6 Å². The van der Waals surface area contributed by atoms with Gasteiger partial charge in [0.2, 0.25) is 0 Å². The van der Waals surface area contributed by atoms with E-state index in [0.717, 1.165) is 44.5 Å². The number of hydrogen-bond acceptors (Lipinski definition) is 4. The average molecular weight is 437 g/mol. The van der Waals surface area contributed by atoms with E-state index in [1.807, 2.05) is 13.0 Å². The molecule has 180 valence electrons. The van der Waals surface area contributed by atoms with E-state index >= 15 is 0 Å². The van der Waals surface area contributed by atoms with Crippen LogP contribution in [-0.4, -0.2) is 37.0 Å². The molecular weight excluding hydrogens is 388 g/mol. The van der Waals surface area contributed by atoms with Crippen LogP contribution in [0.5, 0.6) is 0 Å². The maximum absolute atomic E-state index is 10.8. The molecule has 1 rings (SSSR count). The smallest absolute Gasteiger partial charge is 0.330 e. The van der Waals surface area contributed by atoms with Crippen molar-refractivity contribution in [2.24, 2.45) is 0 Å². The summed E-state index contributed by atoms with van der Waals surface area (Å²) < 4.78 is 9.46. The number of allylic oxidation sites excluding steroid dienone is 6. The molecule has 1 heterocycles. The molecule has 4 nitrogen and oxygen atoms in total. The Balaban J connectivity index is 0. The fourth-order valence-corrected chi connectivity index (χ4v) is 2.69. The molecule has 0 spiro atoms. The lowest BCUT2D eigenvalue weighted by Gasteiger charge is -2.12. The summed E-state index contributed by atoms with van der Waals surface area (Å²) in [5.41, 5.74) is 4.31. The summed E-state index contributed by atoms with van der Waals surface area (Å²) in [6, 6.07) is 0. The van der Waals surface area contributed by atoms with Gasteiger partial charge in [0.1, 0.15) is 0 Å². The molecule has 0 unspecified atom stereocenters. The number of rotatable bonds is 8. The number of ether oxygens (including phenoxy) is 2. The lowest BCUT2D eigenvalue weighted by atomic mass is 10.0. The Kier molecular flexibility index (Phi) is 19.4. The van der Waals surface area contributed by atoms with Gasteiger partial charge in [-0.3, -0.25) is 0 Å². The first-order valence-electron chi connectivity index (χ1n) is 11.4. The zero-order chi connectivity index (χ0) is 24.3. The standard InChI is InChI=1S/C12H22O.C11H18O2.C4H8O/c1-10(2)7-6-8-11(3)9-12(4,5)13;1-9(2)6-5-7-10(3)8-11(12)13-4;1-2-4-5-3-1/h7,9,13H,6,8H2,1-5H3;6,8H,5,7H2,1-4H3;1-4H2/b11-9+;10-8+;. The summed E-state index contributed by atoms with van der Waals surface area (Å²) in [7, 11) is 1.39. The third-order valence-electron chi connectivity index (χ3n) is 4.17. The highest BCUT2D eigenvalue weighted by Gasteiger charge is 2.07. The minimum Gasteiger partial charge on any atom is -0.466 e. The van der Waals surface area contributed by atoms with Crippen LogP contribution in [-0.2, 0) is 14.3 Å². The quantitative estimate of drug-likeness (QED) is 0.250. The van der Waals surface area contributed by atoms with Gasteiger partial charge in [-0.1, -0.05) is 40.5 Å². The van der Waals surface area contributed by atoms with Crippen molar-refractivity contribution in [2.75, 3.05) is 20.3 Å². The van der Waals surface area contributed by atoms with Crippen LogP contribution in [0, 0.1) is 0 Å². The van der Waals surface area contributed by atoms with Gasteiger partial charge in [0.05, 0.1) is 12.7 Å². The Bertz CT molecular complexity index is 582. The second-order valence-electron chi connectivity index (χ2n) is 9.12. The van der Waals surface area contributed by atoms with E-state index in [1.165, 1.54) is 36.7 Å². The van der Waals surface area contributed by atoms with Crippen LogP contribution in [0.4, 0.5) is 0 Å². The maximum atomic E-state index is 10.8. The van der Waals surface area contributed by atoms with E-state index in [1.54, 1.807) is 19.9 Å². The van der Waals surface area contributed by atoms with Crippen molar-refractivity contribution in [3.63, 3.8) is 0 Å². The Hall–Kier alpha value is -1.65. The Morgan fingerprint density at radius 3 is 1.68 bits per heavy atom. The van der Waals surface area contributed by atoms with Crippen LogP contribution < -0.4 is 0 Å². The summed E-state index contributed by atoms with van der Waals surface area (Å²) in [6.07, 6.45) is 14.4. The normalized spacial score (nSPS) is 13.9. The van der Waals surface area contributed by atoms with Gasteiger partial charge in [-0.2, -0.15) is 0 Å². The number of esters is 1. The van der Waals surface area contributed by atoms with E-state index in [-0.39, 0.29) is 5.97 Å². The third kappa shape index (κ3) is 28.4. The Morgan fingerprint density at radius 1 is 0.903 bits per heavy atom. The van der Waals surface area contributed by atoms with Gasteiger partial charge in [0.15, 0.2) is 0 Å². The second-order valence-corrected chi connectivity index (χ2v) is 9.12. The zero-order valence-electron chi connectivity index (χ0n) is 21.6. The summed E-state index contributed by atoms with van der Waals surface area (Å²) >= 11 is 0. The van der Waals surface area contributed by atoms with E-state index < -0.39 is 5.60 Å². The Morgan fingerprint density at radius 2 is 1.35 bits per heavy atom. The van der Waals surface area contributed by atoms with Gasteiger partial charge in [0.25, 0.3) is 0 Å². The van der Waals surface area contributed by atoms with Gasteiger partial charge in [-0.15, -0.1) is 0 Å². The molecule has 1 aliphatic heterocycles. The summed E-state index contributed by atoms with van der Waals surface area (Å²) in [5.74, 6) is -0.269. The van der Waals surface area contributed by atoms with Crippen LogP contribution in [0.2, 0.25) is 0 Å². The first-order valence-corrected chi connectivity index (χ1v) is 11.4. The van der Waals surface area contributed by atoms with Crippen molar-refractivity contribution in [3.05, 3.63) is 46.6 Å². The van der Waals surface area contributed by atoms with Gasteiger partial charge in [0, 0.05) is 19.3 Å². The molecule has 0 aromatic rings. The van der Waals surface area contributed by atoms with E-state index in [4.69, 9.17) is 4.74 Å². The van der Waals surface area contributed by atoms with E-state index in [2.05, 4.69) is 51.5 Å². The maximum Gasteiger partial charge on any atom is 0.330 e. The monoisotopic (exact) mass is 436 g/mol. The van der Waals surface area contributed by atoms with Crippen LogP contribution >= 0.6 is 0 Å². The summed E-state index contributed by atoms with van der Waals surface area (Å²) in [6.45, 7) is 18.0. The number of carbonyl (C=O) groups excluding carboxylic acids is 1. The highest BCUT2D eigenvalue weighted by atomic mass is 16.5. The highest BCUT2D eigenvalue weighted by Crippen LogP contribution is 2.12. The predicted molar refractivity (Wildman–Crippen MR) is 133 cm³/mol. The number of carbonyl (C=O) groups is 1. The predicted octanol–water partition coefficient (Wildman–Crippen LogP) is 7.10. The molecule has 1 saturated heterocycles. The second kappa shape index (κ2) is 19.1. The molecule has 31 heavy (non-hydrogen) atoms. The number of methoxy groups -OCH3 is 1. The fraction of sp³-hybridized carbons (Fsp3) is 0.667. The molecule has 1 N–H and O–H groups in total. The van der Waals surface area contributed by atoms with Gasteiger partial charge in [-0.05, 0) is 93.9 Å². The minimum absolute atomic E-state index is 0.269. The van der Waals surface area contributed by atoms with Crippen molar-refractivity contribution < 1.29 is 19.4 Å². The topological polar surface area (TPSA) is 55.8 Å². The first-order chi connectivity index (χ1) is 14.4. The van der Waals surface area contributed by atoms with Crippen molar-refractivity contribution in [1.82, 2.24) is 0 Å². The molecule has 0 atom stereocenters. The fourth-order valence-electron chi connectivity index (χ4n) is 2.69. The lowest BCUT2D eigenvalue weighted by Crippen LogP contribution is -2.14. The summed E-state index contributed by atoms with van der Waals surface area (Å²) in [4.78, 5) is 10.8. The first kappa shape index (κ1) is 31.5. The van der Waals surface area contributed by atoms with Gasteiger partial charge >= 0.3 is 5.97 Å². The average Bonchev–Trinajstić information content (AvgIpc) is 3.19. The largest absolute Gasteiger partial charge is 0.466 e. The van der Waals surface area contributed by atoms with Crippen LogP contribution in [0.3, 0.4) is 0 Å². The van der Waals surface area contributed by atoms with Crippen molar-refractivity contribution in [1.29, 1.82) is 0 Å². The molecule has 1 fully saturated rings. The van der Waals surface area contributed by atoms with Crippen LogP contribution in [0.25, 0.3) is 0 Å². The van der Waals surface area contributed by atoms with Gasteiger partial charge < -0.3 is 14.6 Å². The van der Waals surface area contributed by atoms with Crippen molar-refractivity contribution in [3.8, 4) is 0 Å². The molecular formula is C27H48O4. The third-order valence-corrected chi connectivity index (χ3v) is 4.17. The molecule has 0 aromatic heterocycles. The molecule has 0 amide bonds. The summed E-state index contributed by atoms with van der Waals surface area (Å²) in [5, 5.41) is 9.50. The molecule has 0 radical (unpaired) electrons. The SMILES string of the molecule is C1CCOC1.CC(C)=CCC/C(C)=C/C(C)(C)O.COC(=O)/C=C(\C)CCC=C(C)C. The molecule has 0 saturated carbocycles. The molecule has 0 aliphatic carbocycles. The number of hydrogen-bond donors (Lipinski definition) is 1. The van der Waals surface area contributed by atoms with Crippen molar-refractivity contribution >= 4 is 5.97 Å². The molecule has 1 aliphatic rings. The lowest BCUT2D eigenvalue weighted by molar-refractivity contribution is -0.134. The minimum atomic E-state index is -0.672. The Labute approximate surface area is 192 Å². The van der Waals surface area contributed by atoms with E-state index in [0.29, 0.717) is 0 Å². The van der Waals surface area contributed by atoms with Crippen LogP contribution in [0.1, 0.15) is 93.9 Å². The molecule has 0 aromatic carbocycles. The molecule has 0 bridgehead atoms.